The minimum Gasteiger partial charge on any atom is -0.507 e. The number of aromatic nitrogens is 4. The van der Waals surface area contributed by atoms with E-state index < -0.39 is 0 Å². The van der Waals surface area contributed by atoms with Crippen LogP contribution >= 0.6 is 0 Å². The SMILES string of the molecule is CC(C)(C)c1ccc(-n2c(-c3[c-]c(-c4cc(C(C)(C)C)cc5cccnc45)ccc3)nc3c(-c4cc5c(cc4O)oc4ccccc45)cncc32)c(-c2ccccc2)c1.[Pt]. The second-order valence-electron chi connectivity index (χ2n) is 17.5. The van der Waals surface area contributed by atoms with E-state index in [0.717, 1.165) is 66.3 Å². The van der Waals surface area contributed by atoms with Crippen LogP contribution in [0, 0.1) is 6.07 Å². The van der Waals surface area contributed by atoms with Crippen LogP contribution < -0.4 is 0 Å². The fourth-order valence-electron chi connectivity index (χ4n) is 8.23. The smallest absolute Gasteiger partial charge is 0.139 e. The minimum absolute atomic E-state index is 0. The van der Waals surface area contributed by atoms with E-state index in [1.165, 1.54) is 11.1 Å². The minimum atomic E-state index is -0.0788. The second-order valence-corrected chi connectivity index (χ2v) is 17.5. The Balaban J connectivity index is 0.00000462. The largest absolute Gasteiger partial charge is 0.507 e. The molecule has 6 aromatic carbocycles. The molecule has 0 radical (unpaired) electrons. The van der Waals surface area contributed by atoms with Gasteiger partial charge in [0.1, 0.15) is 16.9 Å². The molecule has 0 amide bonds. The Bertz CT molecular complexity index is 3260. The van der Waals surface area contributed by atoms with E-state index in [0.29, 0.717) is 28.1 Å². The second kappa shape index (κ2) is 14.7. The van der Waals surface area contributed by atoms with Crippen molar-refractivity contribution in [3.05, 3.63) is 163 Å². The van der Waals surface area contributed by atoms with Gasteiger partial charge in [0, 0.05) is 78.2 Å². The summed E-state index contributed by atoms with van der Waals surface area (Å²) in [5, 5.41) is 14.6. The monoisotopic (exact) mass is 962 g/mol. The number of nitrogens with zero attached hydrogens (tertiary/aromatic N) is 4. The van der Waals surface area contributed by atoms with E-state index in [1.807, 2.05) is 54.9 Å². The Morgan fingerprint density at radius 2 is 1.35 bits per heavy atom. The van der Waals surface area contributed by atoms with Crippen molar-refractivity contribution in [2.45, 2.75) is 52.4 Å². The van der Waals surface area contributed by atoms with Gasteiger partial charge in [-0.15, -0.1) is 29.8 Å². The van der Waals surface area contributed by atoms with Gasteiger partial charge >= 0.3 is 0 Å². The fourth-order valence-corrected chi connectivity index (χ4v) is 8.23. The molecule has 0 saturated heterocycles. The van der Waals surface area contributed by atoms with Crippen molar-refractivity contribution < 1.29 is 30.6 Å². The van der Waals surface area contributed by atoms with Crippen molar-refractivity contribution in [3.8, 4) is 56.2 Å². The van der Waals surface area contributed by atoms with Crippen molar-refractivity contribution in [2.24, 2.45) is 0 Å². The van der Waals surface area contributed by atoms with Gasteiger partial charge in [0.05, 0.1) is 23.1 Å². The van der Waals surface area contributed by atoms with Crippen molar-refractivity contribution in [3.63, 3.8) is 0 Å². The Morgan fingerprint density at radius 3 is 2.15 bits per heavy atom. The summed E-state index contributed by atoms with van der Waals surface area (Å²) in [5.74, 6) is 0.795. The Hall–Kier alpha value is -6.36. The molecule has 0 saturated carbocycles. The fraction of sp³-hybridized carbons (Fsp3) is 0.151. The number of hydrogen-bond acceptors (Lipinski definition) is 5. The number of furan rings is 1. The predicted octanol–water partition coefficient (Wildman–Crippen LogP) is 13.6. The van der Waals surface area contributed by atoms with Crippen LogP contribution in [0.2, 0.25) is 0 Å². The molecule has 0 aliphatic carbocycles. The van der Waals surface area contributed by atoms with Gasteiger partial charge in [-0.05, 0) is 63.2 Å². The molecule has 4 heterocycles. The van der Waals surface area contributed by atoms with Crippen LogP contribution in [0.15, 0.2) is 150 Å². The van der Waals surface area contributed by atoms with Crippen molar-refractivity contribution in [2.75, 3.05) is 0 Å². The molecule has 298 valence electrons. The van der Waals surface area contributed by atoms with E-state index in [-0.39, 0.29) is 37.6 Å². The molecule has 1 N–H and O–H groups in total. The molecule has 0 fully saturated rings. The third-order valence-electron chi connectivity index (χ3n) is 11.4. The van der Waals surface area contributed by atoms with Gasteiger partial charge in [0.25, 0.3) is 0 Å². The average molecular weight is 963 g/mol. The summed E-state index contributed by atoms with van der Waals surface area (Å²) in [4.78, 5) is 15.2. The maximum atomic E-state index is 11.7. The summed E-state index contributed by atoms with van der Waals surface area (Å²) in [7, 11) is 0. The first kappa shape index (κ1) is 39.1. The number of phenolic OH excluding ortho intramolecular Hbond substituents is 1. The van der Waals surface area contributed by atoms with Gasteiger partial charge in [-0.1, -0.05) is 125 Å². The molecule has 10 rings (SSSR count). The summed E-state index contributed by atoms with van der Waals surface area (Å²) < 4.78 is 8.34. The van der Waals surface area contributed by atoms with Gasteiger partial charge in [-0.3, -0.25) is 15.0 Å². The number of fused-ring (bicyclic) bond motifs is 5. The van der Waals surface area contributed by atoms with Gasteiger partial charge in [-0.25, -0.2) is 0 Å². The number of rotatable bonds is 5. The summed E-state index contributed by atoms with van der Waals surface area (Å²) in [5.41, 5.74) is 13.3. The zero-order valence-corrected chi connectivity index (χ0v) is 36.6. The van der Waals surface area contributed by atoms with Crippen molar-refractivity contribution in [1.82, 2.24) is 19.5 Å². The summed E-state index contributed by atoms with van der Waals surface area (Å²) in [6.07, 6.45) is 5.52. The topological polar surface area (TPSA) is 77.0 Å². The molecule has 4 aromatic heterocycles. The van der Waals surface area contributed by atoms with Crippen LogP contribution in [0.25, 0.3) is 94.3 Å². The maximum Gasteiger partial charge on any atom is 0.139 e. The quantitative estimate of drug-likeness (QED) is 0.174. The molecular formula is C53H43N4O2Pt-. The molecule has 7 heteroatoms. The molecule has 0 atom stereocenters. The van der Waals surface area contributed by atoms with Crippen LogP contribution in [0.3, 0.4) is 0 Å². The average Bonchev–Trinajstić information content (AvgIpc) is 3.81. The summed E-state index contributed by atoms with van der Waals surface area (Å²) in [6.45, 7) is 13.4. The third kappa shape index (κ3) is 6.69. The van der Waals surface area contributed by atoms with E-state index in [4.69, 9.17) is 19.4 Å². The molecule has 0 aliphatic rings. The maximum absolute atomic E-state index is 11.7. The van der Waals surface area contributed by atoms with E-state index in [9.17, 15) is 5.11 Å². The number of para-hydroxylation sites is 1. The number of hydrogen-bond donors (Lipinski definition) is 1. The Labute approximate surface area is 363 Å². The van der Waals surface area contributed by atoms with Crippen LogP contribution in [0.5, 0.6) is 5.75 Å². The van der Waals surface area contributed by atoms with Crippen LogP contribution in [0.1, 0.15) is 52.7 Å². The van der Waals surface area contributed by atoms with Gasteiger partial charge < -0.3 is 14.1 Å². The normalized spacial score (nSPS) is 12.1. The van der Waals surface area contributed by atoms with Crippen LogP contribution in [-0.4, -0.2) is 24.6 Å². The number of pyridine rings is 2. The van der Waals surface area contributed by atoms with E-state index in [2.05, 4.69) is 131 Å². The standard InChI is InChI=1S/C53H43N4O2.Pt/c1-52(2,3)36-21-22-44(39(26-36)32-14-8-7-9-15-32)57-45-31-54-30-43(41-28-42-38-19-10-11-20-47(38)59-48(42)29-46(41)58)50(45)56-51(57)35-17-12-16-33(24-35)40-27-37(53(4,5)6)25-34-18-13-23-55-49(34)40;/h7-23,25-31,58H,1-6H3;/q-1;. The molecule has 60 heavy (non-hydrogen) atoms. The Kier molecular flexibility index (Phi) is 9.60. The third-order valence-corrected chi connectivity index (χ3v) is 11.4. The van der Waals surface area contributed by atoms with Gasteiger partial charge in [-0.2, -0.15) is 0 Å². The summed E-state index contributed by atoms with van der Waals surface area (Å²) in [6, 6.07) is 47.6. The van der Waals surface area contributed by atoms with Crippen molar-refractivity contribution in [1.29, 1.82) is 0 Å². The van der Waals surface area contributed by atoms with E-state index >= 15 is 0 Å². The first-order chi connectivity index (χ1) is 28.4. The molecule has 10 aromatic rings. The molecule has 0 aliphatic heterocycles. The van der Waals surface area contributed by atoms with Gasteiger partial charge in [0.15, 0.2) is 0 Å². The molecule has 0 bridgehead atoms. The van der Waals surface area contributed by atoms with E-state index in [1.54, 1.807) is 12.3 Å². The number of benzene rings is 6. The first-order valence-corrected chi connectivity index (χ1v) is 20.1. The summed E-state index contributed by atoms with van der Waals surface area (Å²) >= 11 is 0. The Morgan fingerprint density at radius 1 is 0.600 bits per heavy atom. The van der Waals surface area contributed by atoms with Crippen molar-refractivity contribution >= 4 is 43.9 Å². The molecule has 0 spiro atoms. The number of aromatic hydroxyl groups is 1. The zero-order valence-electron chi connectivity index (χ0n) is 34.3. The van der Waals surface area contributed by atoms with Crippen LogP contribution in [0.4, 0.5) is 0 Å². The zero-order chi connectivity index (χ0) is 40.6. The number of phenols is 1. The molecule has 0 unspecified atom stereocenters. The van der Waals surface area contributed by atoms with Crippen LogP contribution in [-0.2, 0) is 31.9 Å². The number of imidazole rings is 1. The molecular weight excluding hydrogens is 920 g/mol. The van der Waals surface area contributed by atoms with Gasteiger partial charge in [0.2, 0.25) is 0 Å². The first-order valence-electron chi connectivity index (χ1n) is 20.1. The molecule has 6 nitrogen and oxygen atoms in total. The predicted molar refractivity (Wildman–Crippen MR) is 241 cm³/mol.